The van der Waals surface area contributed by atoms with Crippen molar-refractivity contribution in [3.05, 3.63) is 29.8 Å². The van der Waals surface area contributed by atoms with Crippen molar-refractivity contribution in [2.45, 2.75) is 44.8 Å². The zero-order valence-corrected chi connectivity index (χ0v) is 14.7. The van der Waals surface area contributed by atoms with Crippen LogP contribution in [0, 0.1) is 0 Å². The molecule has 1 saturated heterocycles. The summed E-state index contributed by atoms with van der Waals surface area (Å²) in [5.74, 6) is -0.234. The van der Waals surface area contributed by atoms with Crippen LogP contribution in [-0.4, -0.2) is 42.5 Å². The molecule has 1 aliphatic rings. The van der Waals surface area contributed by atoms with Crippen molar-refractivity contribution in [3.63, 3.8) is 0 Å². The van der Waals surface area contributed by atoms with Gasteiger partial charge in [0.25, 0.3) is 0 Å². The predicted molar refractivity (Wildman–Crippen MR) is 92.4 cm³/mol. The number of amides is 1. The molecule has 0 bridgehead atoms. The van der Waals surface area contributed by atoms with Crippen LogP contribution in [0.1, 0.15) is 38.7 Å². The normalized spacial score (nSPS) is 16.5. The molecule has 0 radical (unpaired) electrons. The summed E-state index contributed by atoms with van der Waals surface area (Å²) < 4.78 is 38.1. The molecule has 0 saturated carbocycles. The van der Waals surface area contributed by atoms with Gasteiger partial charge in [0.1, 0.15) is 0 Å². The molecule has 7 heteroatoms. The summed E-state index contributed by atoms with van der Waals surface area (Å²) in [5, 5.41) is 5.62. The van der Waals surface area contributed by atoms with Crippen molar-refractivity contribution < 1.29 is 18.0 Å². The Labute approximate surface area is 146 Å². The molecule has 2 rings (SSSR count). The van der Waals surface area contributed by atoms with Gasteiger partial charge < -0.3 is 10.6 Å². The van der Waals surface area contributed by atoms with E-state index >= 15 is 0 Å². The van der Waals surface area contributed by atoms with Gasteiger partial charge in [-0.05, 0) is 58.0 Å². The Hall–Kier alpha value is -1.76. The van der Waals surface area contributed by atoms with Gasteiger partial charge in [0.15, 0.2) is 0 Å². The minimum atomic E-state index is -4.39. The SMILES string of the molecule is CC(C)(CNC(=O)CNc1cccc(C(F)(F)F)c1)N1CCCCC1. The van der Waals surface area contributed by atoms with Gasteiger partial charge in [0.2, 0.25) is 5.91 Å². The Kier molecular flexibility index (Phi) is 6.32. The molecule has 2 N–H and O–H groups in total. The maximum Gasteiger partial charge on any atom is 0.416 e. The fourth-order valence-electron chi connectivity index (χ4n) is 2.98. The Morgan fingerprint density at radius 1 is 1.16 bits per heavy atom. The molecule has 1 aromatic carbocycles. The molecule has 25 heavy (non-hydrogen) atoms. The molecule has 0 spiro atoms. The van der Waals surface area contributed by atoms with Crippen molar-refractivity contribution in [3.8, 4) is 0 Å². The molecule has 1 heterocycles. The average molecular weight is 357 g/mol. The van der Waals surface area contributed by atoms with Gasteiger partial charge in [0.05, 0.1) is 12.1 Å². The number of carbonyl (C=O) groups excluding carboxylic acids is 1. The number of alkyl halides is 3. The zero-order chi connectivity index (χ0) is 18.5. The fourth-order valence-corrected chi connectivity index (χ4v) is 2.98. The summed E-state index contributed by atoms with van der Waals surface area (Å²) in [5.41, 5.74) is -0.587. The van der Waals surface area contributed by atoms with Gasteiger partial charge in [-0.2, -0.15) is 13.2 Å². The minimum Gasteiger partial charge on any atom is -0.376 e. The van der Waals surface area contributed by atoms with Crippen LogP contribution in [0.3, 0.4) is 0 Å². The van der Waals surface area contributed by atoms with Crippen molar-refractivity contribution >= 4 is 11.6 Å². The Morgan fingerprint density at radius 3 is 2.48 bits per heavy atom. The molecular weight excluding hydrogens is 331 g/mol. The number of nitrogens with one attached hydrogen (secondary N) is 2. The van der Waals surface area contributed by atoms with E-state index in [0.29, 0.717) is 6.54 Å². The molecule has 4 nitrogen and oxygen atoms in total. The van der Waals surface area contributed by atoms with Gasteiger partial charge in [0, 0.05) is 17.8 Å². The Morgan fingerprint density at radius 2 is 1.84 bits per heavy atom. The highest BCUT2D eigenvalue weighted by molar-refractivity contribution is 5.80. The van der Waals surface area contributed by atoms with E-state index in [0.717, 1.165) is 25.2 Å². The lowest BCUT2D eigenvalue weighted by atomic mass is 9.98. The molecule has 0 unspecified atom stereocenters. The topological polar surface area (TPSA) is 44.4 Å². The second kappa shape index (κ2) is 8.08. The van der Waals surface area contributed by atoms with Gasteiger partial charge >= 0.3 is 6.18 Å². The smallest absolute Gasteiger partial charge is 0.376 e. The number of nitrogens with zero attached hydrogens (tertiary/aromatic N) is 1. The lowest BCUT2D eigenvalue weighted by molar-refractivity contribution is -0.137. The first kappa shape index (κ1) is 19.6. The molecule has 0 aromatic heterocycles. The molecule has 0 atom stereocenters. The van der Waals surface area contributed by atoms with E-state index in [1.54, 1.807) is 0 Å². The van der Waals surface area contributed by atoms with E-state index < -0.39 is 11.7 Å². The van der Waals surface area contributed by atoms with Crippen LogP contribution < -0.4 is 10.6 Å². The van der Waals surface area contributed by atoms with E-state index in [1.807, 2.05) is 0 Å². The number of carbonyl (C=O) groups is 1. The Balaban J connectivity index is 1.80. The predicted octanol–water partition coefficient (Wildman–Crippen LogP) is 3.50. The average Bonchev–Trinajstić information content (AvgIpc) is 2.58. The van der Waals surface area contributed by atoms with Gasteiger partial charge in [-0.15, -0.1) is 0 Å². The minimum absolute atomic E-state index is 0.0581. The maximum atomic E-state index is 12.7. The number of hydrogen-bond acceptors (Lipinski definition) is 3. The van der Waals surface area contributed by atoms with Crippen LogP contribution >= 0.6 is 0 Å². The van der Waals surface area contributed by atoms with Crippen molar-refractivity contribution in [1.29, 1.82) is 0 Å². The molecule has 1 amide bonds. The first-order valence-corrected chi connectivity index (χ1v) is 8.61. The third-order valence-corrected chi connectivity index (χ3v) is 4.57. The molecule has 1 fully saturated rings. The summed E-state index contributed by atoms with van der Waals surface area (Å²) in [6.45, 7) is 6.71. The van der Waals surface area contributed by atoms with Gasteiger partial charge in [-0.1, -0.05) is 12.5 Å². The quantitative estimate of drug-likeness (QED) is 0.819. The Bertz CT molecular complexity index is 581. The number of hydrogen-bond donors (Lipinski definition) is 2. The number of anilines is 1. The van der Waals surface area contributed by atoms with Crippen LogP contribution in [0.25, 0.3) is 0 Å². The second-order valence-corrected chi connectivity index (χ2v) is 7.07. The zero-order valence-electron chi connectivity index (χ0n) is 14.7. The number of rotatable bonds is 6. The fraction of sp³-hybridized carbons (Fsp3) is 0.611. The molecule has 1 aliphatic heterocycles. The summed E-state index contributed by atoms with van der Waals surface area (Å²) in [6, 6.07) is 4.85. The second-order valence-electron chi connectivity index (χ2n) is 7.07. The van der Waals surface area contributed by atoms with Gasteiger partial charge in [-0.25, -0.2) is 0 Å². The number of benzene rings is 1. The lowest BCUT2D eigenvalue weighted by Gasteiger charge is -2.41. The highest BCUT2D eigenvalue weighted by Crippen LogP contribution is 2.30. The van der Waals surface area contributed by atoms with Crippen LogP contribution in [-0.2, 0) is 11.0 Å². The highest BCUT2D eigenvalue weighted by Gasteiger charge is 2.30. The van der Waals surface area contributed by atoms with Crippen molar-refractivity contribution in [2.75, 3.05) is 31.5 Å². The molecule has 140 valence electrons. The first-order valence-electron chi connectivity index (χ1n) is 8.61. The number of piperidine rings is 1. The van der Waals surface area contributed by atoms with Crippen molar-refractivity contribution in [2.24, 2.45) is 0 Å². The molecular formula is C18H26F3N3O. The van der Waals surface area contributed by atoms with E-state index in [9.17, 15) is 18.0 Å². The highest BCUT2D eigenvalue weighted by atomic mass is 19.4. The van der Waals surface area contributed by atoms with Crippen LogP contribution in [0.2, 0.25) is 0 Å². The summed E-state index contributed by atoms with van der Waals surface area (Å²) in [6.07, 6.45) is -0.790. The van der Waals surface area contributed by atoms with E-state index in [-0.39, 0.29) is 23.7 Å². The van der Waals surface area contributed by atoms with Crippen LogP contribution in [0.5, 0.6) is 0 Å². The van der Waals surface area contributed by atoms with Gasteiger partial charge in [-0.3, -0.25) is 9.69 Å². The monoisotopic (exact) mass is 357 g/mol. The van der Waals surface area contributed by atoms with Crippen LogP contribution in [0.15, 0.2) is 24.3 Å². The standard InChI is InChI=1S/C18H26F3N3O/c1-17(2,24-9-4-3-5-10-24)13-23-16(25)12-22-15-8-6-7-14(11-15)18(19,20)21/h6-8,11,22H,3-5,9-10,12-13H2,1-2H3,(H,23,25). The summed E-state index contributed by atoms with van der Waals surface area (Å²) in [4.78, 5) is 14.4. The lowest BCUT2D eigenvalue weighted by Crippen LogP contribution is -2.53. The van der Waals surface area contributed by atoms with E-state index in [1.165, 1.54) is 31.4 Å². The third-order valence-electron chi connectivity index (χ3n) is 4.57. The molecule has 0 aliphatic carbocycles. The first-order chi connectivity index (χ1) is 11.7. The summed E-state index contributed by atoms with van der Waals surface area (Å²) >= 11 is 0. The van der Waals surface area contributed by atoms with Crippen molar-refractivity contribution in [1.82, 2.24) is 10.2 Å². The number of halogens is 3. The molecule has 1 aromatic rings. The van der Waals surface area contributed by atoms with E-state index in [4.69, 9.17) is 0 Å². The maximum absolute atomic E-state index is 12.7. The number of likely N-dealkylation sites (tertiary alicyclic amines) is 1. The third kappa shape index (κ3) is 5.92. The van der Waals surface area contributed by atoms with Crippen LogP contribution in [0.4, 0.5) is 18.9 Å². The summed E-state index contributed by atoms with van der Waals surface area (Å²) in [7, 11) is 0. The largest absolute Gasteiger partial charge is 0.416 e. The van der Waals surface area contributed by atoms with E-state index in [2.05, 4.69) is 29.4 Å².